The Kier molecular flexibility index (Phi) is 7.95. The van der Waals surface area contributed by atoms with Gasteiger partial charge in [-0.25, -0.2) is 12.8 Å². The van der Waals surface area contributed by atoms with Crippen LogP contribution in [-0.4, -0.2) is 52.2 Å². The Bertz CT molecular complexity index is 553. The van der Waals surface area contributed by atoms with Crippen molar-refractivity contribution in [3.05, 3.63) is 29.6 Å². The van der Waals surface area contributed by atoms with Crippen LogP contribution in [0.3, 0.4) is 0 Å². The summed E-state index contributed by atoms with van der Waals surface area (Å²) in [5, 5.41) is 0. The van der Waals surface area contributed by atoms with E-state index in [-0.39, 0.29) is 31.2 Å². The molecule has 0 fully saturated rings. The summed E-state index contributed by atoms with van der Waals surface area (Å²) in [5.74, 6) is -0.571. The van der Waals surface area contributed by atoms with E-state index in [2.05, 4.69) is 0 Å². The first-order valence-electron chi connectivity index (χ1n) is 7.35. The molecule has 1 aromatic rings. The molecule has 0 radical (unpaired) electrons. The van der Waals surface area contributed by atoms with E-state index < -0.39 is 15.8 Å². The molecule has 0 atom stereocenters. The summed E-state index contributed by atoms with van der Waals surface area (Å²) in [6.45, 7) is 7.35. The van der Waals surface area contributed by atoms with Crippen molar-refractivity contribution < 1.29 is 22.3 Å². The van der Waals surface area contributed by atoms with Gasteiger partial charge in [-0.3, -0.25) is 0 Å². The molecule has 0 saturated heterocycles. The molecular formula is C15H24FNO4S. The Labute approximate surface area is 132 Å². The van der Waals surface area contributed by atoms with Crippen molar-refractivity contribution in [2.45, 2.75) is 25.7 Å². The third-order valence-electron chi connectivity index (χ3n) is 3.15. The summed E-state index contributed by atoms with van der Waals surface area (Å²) in [4.78, 5) is -0.0134. The number of rotatable bonds is 10. The van der Waals surface area contributed by atoms with Crippen LogP contribution in [0.15, 0.2) is 23.1 Å². The average Bonchev–Trinajstić information content (AvgIpc) is 2.48. The third kappa shape index (κ3) is 5.31. The molecule has 1 aromatic carbocycles. The number of benzene rings is 1. The maximum absolute atomic E-state index is 13.4. The number of sulfonamides is 1. The molecule has 5 nitrogen and oxygen atoms in total. The number of hydrogen-bond donors (Lipinski definition) is 0. The SMILES string of the molecule is CCOCCN(CCOCC)S(=O)(=O)c1cc(F)ccc1C. The smallest absolute Gasteiger partial charge is 0.243 e. The molecule has 0 saturated carbocycles. The highest BCUT2D eigenvalue weighted by Gasteiger charge is 2.26. The molecule has 22 heavy (non-hydrogen) atoms. The minimum absolute atomic E-state index is 0.0134. The molecule has 1 rings (SSSR count). The maximum atomic E-state index is 13.4. The zero-order valence-electron chi connectivity index (χ0n) is 13.3. The minimum atomic E-state index is -3.78. The second-order valence-electron chi connectivity index (χ2n) is 4.71. The summed E-state index contributed by atoms with van der Waals surface area (Å²) >= 11 is 0. The lowest BCUT2D eigenvalue weighted by molar-refractivity contribution is 0.110. The number of halogens is 1. The fraction of sp³-hybridized carbons (Fsp3) is 0.600. The molecule has 0 amide bonds. The fourth-order valence-electron chi connectivity index (χ4n) is 1.96. The molecule has 0 aliphatic heterocycles. The van der Waals surface area contributed by atoms with Crippen LogP contribution in [0.5, 0.6) is 0 Å². The predicted molar refractivity (Wildman–Crippen MR) is 82.9 cm³/mol. The second kappa shape index (κ2) is 9.19. The van der Waals surface area contributed by atoms with E-state index in [0.29, 0.717) is 18.8 Å². The van der Waals surface area contributed by atoms with Crippen LogP contribution >= 0.6 is 0 Å². The molecule has 0 aliphatic carbocycles. The summed E-state index contributed by atoms with van der Waals surface area (Å²) in [6.07, 6.45) is 0. The summed E-state index contributed by atoms with van der Waals surface area (Å²) in [7, 11) is -3.78. The van der Waals surface area contributed by atoms with Crippen LogP contribution in [0.4, 0.5) is 4.39 Å². The highest BCUT2D eigenvalue weighted by atomic mass is 32.2. The number of nitrogens with zero attached hydrogens (tertiary/aromatic N) is 1. The lowest BCUT2D eigenvalue weighted by Crippen LogP contribution is -2.37. The average molecular weight is 333 g/mol. The molecule has 0 spiro atoms. The fourth-order valence-corrected chi connectivity index (χ4v) is 3.61. The van der Waals surface area contributed by atoms with Gasteiger partial charge < -0.3 is 9.47 Å². The minimum Gasteiger partial charge on any atom is -0.380 e. The van der Waals surface area contributed by atoms with Crippen LogP contribution in [0.2, 0.25) is 0 Å². The van der Waals surface area contributed by atoms with Gasteiger partial charge >= 0.3 is 0 Å². The normalized spacial score (nSPS) is 12.0. The lowest BCUT2D eigenvalue weighted by atomic mass is 10.2. The molecule has 0 aromatic heterocycles. The van der Waals surface area contributed by atoms with Crippen molar-refractivity contribution in [3.63, 3.8) is 0 Å². The zero-order valence-corrected chi connectivity index (χ0v) is 14.2. The largest absolute Gasteiger partial charge is 0.380 e. The number of hydrogen-bond acceptors (Lipinski definition) is 4. The molecule has 0 unspecified atom stereocenters. The summed E-state index contributed by atoms with van der Waals surface area (Å²) in [6, 6.07) is 3.77. The van der Waals surface area contributed by atoms with Gasteiger partial charge in [-0.05, 0) is 38.5 Å². The van der Waals surface area contributed by atoms with Crippen LogP contribution in [-0.2, 0) is 19.5 Å². The van der Waals surface area contributed by atoms with E-state index in [1.54, 1.807) is 6.92 Å². The highest BCUT2D eigenvalue weighted by molar-refractivity contribution is 7.89. The van der Waals surface area contributed by atoms with Crippen molar-refractivity contribution in [3.8, 4) is 0 Å². The van der Waals surface area contributed by atoms with E-state index in [9.17, 15) is 12.8 Å². The van der Waals surface area contributed by atoms with E-state index >= 15 is 0 Å². The quantitative estimate of drug-likeness (QED) is 0.616. The van der Waals surface area contributed by atoms with Crippen LogP contribution < -0.4 is 0 Å². The van der Waals surface area contributed by atoms with E-state index in [0.717, 1.165) is 6.07 Å². The van der Waals surface area contributed by atoms with Gasteiger partial charge in [-0.1, -0.05) is 6.07 Å². The lowest BCUT2D eigenvalue weighted by Gasteiger charge is -2.23. The molecule has 7 heteroatoms. The van der Waals surface area contributed by atoms with Gasteiger partial charge in [-0.15, -0.1) is 0 Å². The standard InChI is InChI=1S/C15H24FNO4S/c1-4-20-10-8-17(9-11-21-5-2)22(18,19)15-12-14(16)7-6-13(15)3/h6-7,12H,4-5,8-11H2,1-3H3. The van der Waals surface area contributed by atoms with Gasteiger partial charge in [0.2, 0.25) is 10.0 Å². The Morgan fingerprint density at radius 3 is 2.14 bits per heavy atom. The number of ether oxygens (including phenoxy) is 2. The van der Waals surface area contributed by atoms with E-state index in [4.69, 9.17) is 9.47 Å². The first-order valence-corrected chi connectivity index (χ1v) is 8.79. The molecule has 0 aliphatic rings. The molecule has 0 bridgehead atoms. The predicted octanol–water partition coefficient (Wildman–Crippen LogP) is 2.20. The molecule has 126 valence electrons. The third-order valence-corrected chi connectivity index (χ3v) is 5.19. The Hall–Kier alpha value is -1.02. The Morgan fingerprint density at radius 2 is 1.64 bits per heavy atom. The van der Waals surface area contributed by atoms with Crippen molar-refractivity contribution in [1.29, 1.82) is 0 Å². The van der Waals surface area contributed by atoms with Crippen LogP contribution in [0.1, 0.15) is 19.4 Å². The van der Waals surface area contributed by atoms with Gasteiger partial charge in [-0.2, -0.15) is 4.31 Å². The van der Waals surface area contributed by atoms with Crippen molar-refractivity contribution in [2.75, 3.05) is 39.5 Å². The van der Waals surface area contributed by atoms with Crippen LogP contribution in [0.25, 0.3) is 0 Å². The Morgan fingerprint density at radius 1 is 1.09 bits per heavy atom. The van der Waals surface area contributed by atoms with Gasteiger partial charge in [0.15, 0.2) is 0 Å². The summed E-state index contributed by atoms with van der Waals surface area (Å²) < 4.78 is 50.7. The molecule has 0 N–H and O–H groups in total. The Balaban J connectivity index is 3.00. The maximum Gasteiger partial charge on any atom is 0.243 e. The topological polar surface area (TPSA) is 55.8 Å². The second-order valence-corrected chi connectivity index (χ2v) is 6.61. The van der Waals surface area contributed by atoms with E-state index in [1.165, 1.54) is 16.4 Å². The van der Waals surface area contributed by atoms with Crippen molar-refractivity contribution >= 4 is 10.0 Å². The van der Waals surface area contributed by atoms with Gasteiger partial charge in [0.1, 0.15) is 5.82 Å². The van der Waals surface area contributed by atoms with Crippen molar-refractivity contribution in [1.82, 2.24) is 4.31 Å². The van der Waals surface area contributed by atoms with Gasteiger partial charge in [0.25, 0.3) is 0 Å². The molecular weight excluding hydrogens is 309 g/mol. The van der Waals surface area contributed by atoms with Crippen molar-refractivity contribution in [2.24, 2.45) is 0 Å². The van der Waals surface area contributed by atoms with Gasteiger partial charge in [0.05, 0.1) is 18.1 Å². The molecule has 0 heterocycles. The first kappa shape index (κ1) is 19.0. The monoisotopic (exact) mass is 333 g/mol. The summed E-state index contributed by atoms with van der Waals surface area (Å²) in [5.41, 5.74) is 0.513. The zero-order chi connectivity index (χ0) is 16.6. The van der Waals surface area contributed by atoms with Crippen LogP contribution in [0, 0.1) is 12.7 Å². The number of aryl methyl sites for hydroxylation is 1. The van der Waals surface area contributed by atoms with E-state index in [1.807, 2.05) is 13.8 Å². The first-order chi connectivity index (χ1) is 10.4. The highest BCUT2D eigenvalue weighted by Crippen LogP contribution is 2.20. The van der Waals surface area contributed by atoms with Gasteiger partial charge in [0, 0.05) is 26.3 Å².